The molecule has 0 unspecified atom stereocenters. The molecule has 1 heterocycles. The lowest BCUT2D eigenvalue weighted by molar-refractivity contribution is -0.0109. The summed E-state index contributed by atoms with van der Waals surface area (Å²) >= 11 is 0. The van der Waals surface area contributed by atoms with Gasteiger partial charge in [0.25, 0.3) is 5.91 Å². The van der Waals surface area contributed by atoms with Gasteiger partial charge in [-0.25, -0.2) is 4.39 Å². The molecule has 1 saturated heterocycles. The number of rotatable bonds is 5. The number of anilines is 1. The maximum absolute atomic E-state index is 13.0. The zero-order valence-corrected chi connectivity index (χ0v) is 13.3. The molecule has 0 spiro atoms. The van der Waals surface area contributed by atoms with Crippen molar-refractivity contribution < 1.29 is 18.7 Å². The highest BCUT2D eigenvalue weighted by Gasteiger charge is 2.16. The molecule has 5 heteroatoms. The highest BCUT2D eigenvalue weighted by atomic mass is 19.1. The first kappa shape index (κ1) is 16.5. The first-order valence-electron chi connectivity index (χ1n) is 8.13. The first-order valence-corrected chi connectivity index (χ1v) is 8.13. The van der Waals surface area contributed by atoms with E-state index in [1.807, 2.05) is 18.2 Å². The molecule has 0 aromatic heterocycles. The van der Waals surface area contributed by atoms with Gasteiger partial charge in [0.05, 0.1) is 11.8 Å². The van der Waals surface area contributed by atoms with Crippen molar-refractivity contribution in [2.24, 2.45) is 0 Å². The third-order valence-electron chi connectivity index (χ3n) is 3.94. The molecular weight excluding hydrogens is 309 g/mol. The van der Waals surface area contributed by atoms with Gasteiger partial charge in [0.1, 0.15) is 18.2 Å². The molecule has 1 fully saturated rings. The lowest BCUT2D eigenvalue weighted by Gasteiger charge is -2.23. The van der Waals surface area contributed by atoms with E-state index in [9.17, 15) is 9.18 Å². The molecule has 0 radical (unpaired) electrons. The fourth-order valence-corrected chi connectivity index (χ4v) is 2.61. The van der Waals surface area contributed by atoms with E-state index in [-0.39, 0.29) is 17.8 Å². The van der Waals surface area contributed by atoms with E-state index in [0.717, 1.165) is 25.9 Å². The van der Waals surface area contributed by atoms with Gasteiger partial charge in [0.2, 0.25) is 0 Å². The van der Waals surface area contributed by atoms with E-state index >= 15 is 0 Å². The van der Waals surface area contributed by atoms with Crippen molar-refractivity contribution in [3.63, 3.8) is 0 Å². The molecule has 24 heavy (non-hydrogen) atoms. The minimum Gasteiger partial charge on any atom is -0.489 e. The van der Waals surface area contributed by atoms with Crippen LogP contribution in [0.4, 0.5) is 10.1 Å². The Hall–Kier alpha value is -2.40. The Kier molecular flexibility index (Phi) is 5.43. The second kappa shape index (κ2) is 7.93. The predicted octanol–water partition coefficient (Wildman–Crippen LogP) is 4.03. The van der Waals surface area contributed by atoms with Crippen LogP contribution in [0.25, 0.3) is 0 Å². The van der Waals surface area contributed by atoms with Gasteiger partial charge in [-0.05, 0) is 55.7 Å². The monoisotopic (exact) mass is 329 g/mol. The average Bonchev–Trinajstić information content (AvgIpc) is 2.62. The maximum Gasteiger partial charge on any atom is 0.255 e. The van der Waals surface area contributed by atoms with Crippen LogP contribution in [-0.2, 0) is 4.74 Å². The molecule has 3 rings (SSSR count). The Morgan fingerprint density at radius 1 is 1.17 bits per heavy atom. The Morgan fingerprint density at radius 2 is 1.96 bits per heavy atom. The molecule has 2 aromatic carbocycles. The summed E-state index contributed by atoms with van der Waals surface area (Å²) in [5, 5.41) is 2.81. The molecule has 0 bridgehead atoms. The largest absolute Gasteiger partial charge is 0.489 e. The van der Waals surface area contributed by atoms with Gasteiger partial charge in [-0.15, -0.1) is 0 Å². The Balaban J connectivity index is 1.64. The summed E-state index contributed by atoms with van der Waals surface area (Å²) in [5.74, 6) is -0.0788. The average molecular weight is 329 g/mol. The Bertz CT molecular complexity index is 681. The van der Waals surface area contributed by atoms with Crippen LogP contribution in [0.5, 0.6) is 5.75 Å². The SMILES string of the molecule is O=C(Nc1ccccc1OC[C@@H]1CCCCO1)c1ccc(F)cc1. The fraction of sp³-hybridized carbons (Fsp3) is 0.316. The normalized spacial score (nSPS) is 17.3. The third kappa shape index (κ3) is 4.32. The van der Waals surface area contributed by atoms with Gasteiger partial charge in [0.15, 0.2) is 0 Å². The summed E-state index contributed by atoms with van der Waals surface area (Å²) in [6.07, 6.45) is 3.33. The standard InChI is InChI=1S/C19H20FNO3/c20-15-10-8-14(9-11-15)19(22)21-17-6-1-2-7-18(17)24-13-16-5-3-4-12-23-16/h1-2,6-11,16H,3-5,12-13H2,(H,21,22)/t16-/m0/s1. The van der Waals surface area contributed by atoms with Crippen molar-refractivity contribution in [1.29, 1.82) is 0 Å². The van der Waals surface area contributed by atoms with Crippen molar-refractivity contribution >= 4 is 11.6 Å². The summed E-state index contributed by atoms with van der Waals surface area (Å²) in [5.41, 5.74) is 0.976. The van der Waals surface area contributed by atoms with E-state index in [0.29, 0.717) is 23.6 Å². The number of carbonyl (C=O) groups excluding carboxylic acids is 1. The second-order valence-corrected chi connectivity index (χ2v) is 5.76. The van der Waals surface area contributed by atoms with Crippen LogP contribution in [-0.4, -0.2) is 25.2 Å². The molecule has 1 atom stereocenters. The van der Waals surface area contributed by atoms with Crippen molar-refractivity contribution in [2.45, 2.75) is 25.4 Å². The van der Waals surface area contributed by atoms with Gasteiger partial charge >= 0.3 is 0 Å². The summed E-state index contributed by atoms with van der Waals surface area (Å²) in [6, 6.07) is 12.7. The first-order chi connectivity index (χ1) is 11.7. The third-order valence-corrected chi connectivity index (χ3v) is 3.94. The number of ether oxygens (including phenoxy) is 2. The van der Waals surface area contributed by atoms with Gasteiger partial charge in [-0.3, -0.25) is 4.79 Å². The lowest BCUT2D eigenvalue weighted by Crippen LogP contribution is -2.26. The molecule has 0 saturated carbocycles. The second-order valence-electron chi connectivity index (χ2n) is 5.76. The smallest absolute Gasteiger partial charge is 0.255 e. The molecular formula is C19H20FNO3. The van der Waals surface area contributed by atoms with Gasteiger partial charge < -0.3 is 14.8 Å². The van der Waals surface area contributed by atoms with E-state index in [4.69, 9.17) is 9.47 Å². The topological polar surface area (TPSA) is 47.6 Å². The number of halogens is 1. The maximum atomic E-state index is 13.0. The van der Waals surface area contributed by atoms with Crippen LogP contribution in [0.15, 0.2) is 48.5 Å². The zero-order chi connectivity index (χ0) is 16.8. The van der Waals surface area contributed by atoms with Crippen LogP contribution in [0.3, 0.4) is 0 Å². The van der Waals surface area contributed by atoms with E-state index in [1.165, 1.54) is 24.3 Å². The number of hydrogen-bond donors (Lipinski definition) is 1. The fourth-order valence-electron chi connectivity index (χ4n) is 2.61. The molecule has 0 aliphatic carbocycles. The van der Waals surface area contributed by atoms with Crippen LogP contribution < -0.4 is 10.1 Å². The Morgan fingerprint density at radius 3 is 2.71 bits per heavy atom. The van der Waals surface area contributed by atoms with Crippen LogP contribution >= 0.6 is 0 Å². The highest BCUT2D eigenvalue weighted by molar-refractivity contribution is 6.04. The quantitative estimate of drug-likeness (QED) is 0.901. The van der Waals surface area contributed by atoms with Crippen LogP contribution in [0.2, 0.25) is 0 Å². The van der Waals surface area contributed by atoms with Gasteiger partial charge in [0, 0.05) is 12.2 Å². The van der Waals surface area contributed by atoms with Crippen molar-refractivity contribution in [2.75, 3.05) is 18.5 Å². The van der Waals surface area contributed by atoms with Crippen LogP contribution in [0.1, 0.15) is 29.6 Å². The number of carbonyl (C=O) groups is 1. The lowest BCUT2D eigenvalue weighted by atomic mass is 10.1. The van der Waals surface area contributed by atoms with Gasteiger partial charge in [-0.1, -0.05) is 12.1 Å². The number of hydrogen-bond acceptors (Lipinski definition) is 3. The Labute approximate surface area is 140 Å². The van der Waals surface area contributed by atoms with Crippen molar-refractivity contribution in [3.8, 4) is 5.75 Å². The molecule has 1 N–H and O–H groups in total. The molecule has 1 aliphatic heterocycles. The van der Waals surface area contributed by atoms with E-state index in [2.05, 4.69) is 5.32 Å². The summed E-state index contributed by atoms with van der Waals surface area (Å²) in [6.45, 7) is 1.24. The van der Waals surface area contributed by atoms with Gasteiger partial charge in [-0.2, -0.15) is 0 Å². The minimum atomic E-state index is -0.372. The van der Waals surface area contributed by atoms with Crippen molar-refractivity contribution in [3.05, 3.63) is 59.9 Å². The molecule has 1 amide bonds. The number of para-hydroxylation sites is 2. The van der Waals surface area contributed by atoms with E-state index < -0.39 is 0 Å². The summed E-state index contributed by atoms with van der Waals surface area (Å²) in [4.78, 5) is 12.3. The molecule has 126 valence electrons. The van der Waals surface area contributed by atoms with Crippen molar-refractivity contribution in [1.82, 2.24) is 0 Å². The van der Waals surface area contributed by atoms with E-state index in [1.54, 1.807) is 6.07 Å². The number of amides is 1. The highest BCUT2D eigenvalue weighted by Crippen LogP contribution is 2.25. The number of benzene rings is 2. The molecule has 4 nitrogen and oxygen atoms in total. The van der Waals surface area contributed by atoms with Crippen LogP contribution in [0, 0.1) is 5.82 Å². The minimum absolute atomic E-state index is 0.0969. The predicted molar refractivity (Wildman–Crippen MR) is 89.9 cm³/mol. The molecule has 2 aromatic rings. The molecule has 1 aliphatic rings. The number of nitrogens with one attached hydrogen (secondary N) is 1. The summed E-state index contributed by atoms with van der Waals surface area (Å²) < 4.78 is 24.4. The summed E-state index contributed by atoms with van der Waals surface area (Å²) in [7, 11) is 0. The zero-order valence-electron chi connectivity index (χ0n) is 13.3.